The molecular weight excluding hydrogens is 190 g/mol. The van der Waals surface area contributed by atoms with Crippen LogP contribution in [0.2, 0.25) is 0 Å². The quantitative estimate of drug-likeness (QED) is 0.701. The molecule has 0 radical (unpaired) electrons. The number of aliphatic hydroxyl groups is 1. The first kappa shape index (κ1) is 11.8. The van der Waals surface area contributed by atoms with Crippen molar-refractivity contribution in [3.63, 3.8) is 0 Å². The Hall–Kier alpha value is -1.29. The Labute approximate surface area is 90.5 Å². The molecule has 4 heteroatoms. The van der Waals surface area contributed by atoms with Crippen molar-refractivity contribution in [2.45, 2.75) is 20.8 Å². The van der Waals surface area contributed by atoms with Gasteiger partial charge in [-0.2, -0.15) is 0 Å². The fourth-order valence-corrected chi connectivity index (χ4v) is 1.16. The number of aromatic nitrogens is 1. The van der Waals surface area contributed by atoms with Crippen LogP contribution in [0.15, 0.2) is 12.3 Å². The summed E-state index contributed by atoms with van der Waals surface area (Å²) < 4.78 is 0. The fourth-order valence-electron chi connectivity index (χ4n) is 1.16. The molecule has 0 saturated carbocycles. The molecule has 0 aliphatic carbocycles. The topological polar surface area (TPSA) is 71.2 Å². The summed E-state index contributed by atoms with van der Waals surface area (Å²) in [6.45, 7) is 6.77. The van der Waals surface area contributed by atoms with Crippen LogP contribution in [0.1, 0.15) is 19.4 Å². The normalized spacial score (nSPS) is 11.5. The van der Waals surface area contributed by atoms with Crippen molar-refractivity contribution in [3.8, 4) is 0 Å². The van der Waals surface area contributed by atoms with Crippen LogP contribution in [0.4, 0.5) is 11.5 Å². The zero-order valence-electron chi connectivity index (χ0n) is 9.54. The Morgan fingerprint density at radius 1 is 1.53 bits per heavy atom. The van der Waals surface area contributed by atoms with E-state index in [4.69, 9.17) is 10.8 Å². The van der Waals surface area contributed by atoms with Crippen LogP contribution in [0.5, 0.6) is 0 Å². The molecule has 0 amide bonds. The van der Waals surface area contributed by atoms with Gasteiger partial charge in [0.2, 0.25) is 0 Å². The number of aryl methyl sites for hydroxylation is 1. The summed E-state index contributed by atoms with van der Waals surface area (Å²) in [7, 11) is 0. The van der Waals surface area contributed by atoms with Crippen LogP contribution >= 0.6 is 0 Å². The maximum atomic E-state index is 9.11. The van der Waals surface area contributed by atoms with Gasteiger partial charge in [-0.1, -0.05) is 13.8 Å². The smallest absolute Gasteiger partial charge is 0.129 e. The van der Waals surface area contributed by atoms with Crippen LogP contribution in [0, 0.1) is 12.3 Å². The first-order chi connectivity index (χ1) is 6.94. The van der Waals surface area contributed by atoms with Gasteiger partial charge in [-0.25, -0.2) is 4.98 Å². The Balaban J connectivity index is 2.66. The highest BCUT2D eigenvalue weighted by Gasteiger charge is 2.16. The summed E-state index contributed by atoms with van der Waals surface area (Å²) in [5.74, 6) is 0.825. The molecule has 1 aromatic heterocycles. The van der Waals surface area contributed by atoms with Gasteiger partial charge >= 0.3 is 0 Å². The lowest BCUT2D eigenvalue weighted by molar-refractivity contribution is 0.170. The highest BCUT2D eigenvalue weighted by Crippen LogP contribution is 2.18. The van der Waals surface area contributed by atoms with E-state index >= 15 is 0 Å². The van der Waals surface area contributed by atoms with E-state index in [2.05, 4.69) is 10.3 Å². The van der Waals surface area contributed by atoms with E-state index < -0.39 is 0 Å². The van der Waals surface area contributed by atoms with Crippen molar-refractivity contribution in [2.75, 3.05) is 24.2 Å². The van der Waals surface area contributed by atoms with Crippen molar-refractivity contribution in [3.05, 3.63) is 17.8 Å². The molecule has 0 bridgehead atoms. The van der Waals surface area contributed by atoms with Gasteiger partial charge < -0.3 is 16.2 Å². The van der Waals surface area contributed by atoms with Gasteiger partial charge in [0.15, 0.2) is 0 Å². The third-order valence-electron chi connectivity index (χ3n) is 2.26. The number of nitrogens with two attached hydrogens (primary N) is 1. The highest BCUT2D eigenvalue weighted by molar-refractivity contribution is 5.50. The van der Waals surface area contributed by atoms with Gasteiger partial charge in [-0.3, -0.25) is 0 Å². The molecule has 0 fully saturated rings. The number of nitrogens with zero attached hydrogens (tertiary/aromatic N) is 1. The third-order valence-corrected chi connectivity index (χ3v) is 2.26. The Kier molecular flexibility index (Phi) is 3.52. The number of nitrogen functional groups attached to an aromatic ring is 1. The SMILES string of the molecule is Cc1cc(N)cnc1NCC(C)(C)CO. The number of pyridine rings is 1. The summed E-state index contributed by atoms with van der Waals surface area (Å²) in [5.41, 5.74) is 7.15. The zero-order chi connectivity index (χ0) is 11.5. The van der Waals surface area contributed by atoms with Crippen LogP contribution < -0.4 is 11.1 Å². The first-order valence-corrected chi connectivity index (χ1v) is 5.01. The van der Waals surface area contributed by atoms with Crippen molar-refractivity contribution < 1.29 is 5.11 Å². The molecule has 0 spiro atoms. The Morgan fingerprint density at radius 2 is 2.20 bits per heavy atom. The van der Waals surface area contributed by atoms with Gasteiger partial charge in [0.1, 0.15) is 5.82 Å². The van der Waals surface area contributed by atoms with Crippen LogP contribution in [-0.4, -0.2) is 23.2 Å². The Morgan fingerprint density at radius 3 is 2.73 bits per heavy atom. The predicted octanol–water partition coefficient (Wildman–Crippen LogP) is 1.40. The third kappa shape index (κ3) is 3.40. The van der Waals surface area contributed by atoms with E-state index in [0.717, 1.165) is 11.4 Å². The molecule has 0 aliphatic heterocycles. The largest absolute Gasteiger partial charge is 0.397 e. The number of anilines is 2. The molecule has 0 aliphatic rings. The van der Waals surface area contributed by atoms with E-state index in [9.17, 15) is 0 Å². The lowest BCUT2D eigenvalue weighted by atomic mass is 9.95. The predicted molar refractivity (Wildman–Crippen MR) is 62.7 cm³/mol. The number of hydrogen-bond acceptors (Lipinski definition) is 4. The molecule has 0 saturated heterocycles. The van der Waals surface area contributed by atoms with E-state index in [1.807, 2.05) is 26.8 Å². The second kappa shape index (κ2) is 4.49. The lowest BCUT2D eigenvalue weighted by Crippen LogP contribution is -2.27. The second-order valence-electron chi connectivity index (χ2n) is 4.61. The van der Waals surface area contributed by atoms with Gasteiger partial charge in [-0.05, 0) is 18.6 Å². The van der Waals surface area contributed by atoms with Crippen LogP contribution in [-0.2, 0) is 0 Å². The molecule has 4 nitrogen and oxygen atoms in total. The number of aliphatic hydroxyl groups excluding tert-OH is 1. The van der Waals surface area contributed by atoms with Gasteiger partial charge in [0.25, 0.3) is 0 Å². The van der Waals surface area contributed by atoms with Gasteiger partial charge in [0, 0.05) is 18.6 Å². The first-order valence-electron chi connectivity index (χ1n) is 5.01. The number of hydrogen-bond donors (Lipinski definition) is 3. The van der Waals surface area contributed by atoms with Crippen molar-refractivity contribution in [1.29, 1.82) is 0 Å². The fraction of sp³-hybridized carbons (Fsp3) is 0.545. The molecule has 1 rings (SSSR count). The number of nitrogens with one attached hydrogen (secondary N) is 1. The highest BCUT2D eigenvalue weighted by atomic mass is 16.3. The molecule has 0 aromatic carbocycles. The minimum atomic E-state index is -0.143. The second-order valence-corrected chi connectivity index (χ2v) is 4.61. The molecule has 0 unspecified atom stereocenters. The summed E-state index contributed by atoms with van der Waals surface area (Å²) in [6.07, 6.45) is 1.63. The average molecular weight is 209 g/mol. The van der Waals surface area contributed by atoms with Gasteiger partial charge in [-0.15, -0.1) is 0 Å². The van der Waals surface area contributed by atoms with E-state index in [1.165, 1.54) is 0 Å². The standard InChI is InChI=1S/C11H19N3O/c1-8-4-9(12)5-13-10(8)14-6-11(2,3)7-15/h4-5,15H,6-7,12H2,1-3H3,(H,13,14). The minimum Gasteiger partial charge on any atom is -0.397 e. The Bertz CT molecular complexity index is 337. The molecule has 0 atom stereocenters. The van der Waals surface area contributed by atoms with Crippen molar-refractivity contribution in [2.24, 2.45) is 5.41 Å². The average Bonchev–Trinajstić information content (AvgIpc) is 2.16. The molecule has 1 heterocycles. The van der Waals surface area contributed by atoms with Crippen LogP contribution in [0.3, 0.4) is 0 Å². The maximum Gasteiger partial charge on any atom is 0.129 e. The van der Waals surface area contributed by atoms with Crippen molar-refractivity contribution >= 4 is 11.5 Å². The van der Waals surface area contributed by atoms with Crippen molar-refractivity contribution in [1.82, 2.24) is 4.98 Å². The van der Waals surface area contributed by atoms with E-state index in [1.54, 1.807) is 6.20 Å². The lowest BCUT2D eigenvalue weighted by Gasteiger charge is -2.22. The minimum absolute atomic E-state index is 0.143. The zero-order valence-corrected chi connectivity index (χ0v) is 9.54. The molecule has 15 heavy (non-hydrogen) atoms. The summed E-state index contributed by atoms with van der Waals surface area (Å²) in [4.78, 5) is 4.20. The van der Waals surface area contributed by atoms with Gasteiger partial charge in [0.05, 0.1) is 11.9 Å². The maximum absolute atomic E-state index is 9.11. The summed E-state index contributed by atoms with van der Waals surface area (Å²) in [6, 6.07) is 1.88. The molecule has 1 aromatic rings. The summed E-state index contributed by atoms with van der Waals surface area (Å²) in [5, 5.41) is 12.3. The van der Waals surface area contributed by atoms with E-state index in [0.29, 0.717) is 12.2 Å². The van der Waals surface area contributed by atoms with E-state index in [-0.39, 0.29) is 12.0 Å². The molecule has 84 valence electrons. The van der Waals surface area contributed by atoms with Crippen LogP contribution in [0.25, 0.3) is 0 Å². The monoisotopic (exact) mass is 209 g/mol. The number of rotatable bonds is 4. The molecule has 4 N–H and O–H groups in total. The summed E-state index contributed by atoms with van der Waals surface area (Å²) >= 11 is 0. The molecular formula is C11H19N3O.